The summed E-state index contributed by atoms with van der Waals surface area (Å²) in [4.78, 5) is 0. The van der Waals surface area contributed by atoms with E-state index in [1.807, 2.05) is 24.3 Å². The zero-order chi connectivity index (χ0) is 15.0. The molecule has 0 fully saturated rings. The van der Waals surface area contributed by atoms with Crippen molar-refractivity contribution in [2.75, 3.05) is 13.2 Å². The summed E-state index contributed by atoms with van der Waals surface area (Å²) in [6.07, 6.45) is 5.51. The number of unbranched alkanes of at least 4 members (excludes halogenated alkanes) is 1. The number of halogens is 1. The van der Waals surface area contributed by atoms with Crippen LogP contribution >= 0.6 is 15.9 Å². The van der Waals surface area contributed by atoms with Crippen LogP contribution in [0.2, 0.25) is 0 Å². The third-order valence-electron chi connectivity index (χ3n) is 4.27. The molecule has 0 spiro atoms. The largest absolute Gasteiger partial charge is 0.395 e. The van der Waals surface area contributed by atoms with E-state index in [1.165, 1.54) is 19.3 Å². The van der Waals surface area contributed by atoms with Crippen LogP contribution in [0, 0.1) is 5.92 Å². The summed E-state index contributed by atoms with van der Waals surface area (Å²) in [5.41, 5.74) is 0.491. The van der Waals surface area contributed by atoms with Crippen molar-refractivity contribution in [3.63, 3.8) is 0 Å². The van der Waals surface area contributed by atoms with Gasteiger partial charge in [0.25, 0.3) is 0 Å². The van der Waals surface area contributed by atoms with Crippen molar-refractivity contribution in [1.82, 2.24) is 0 Å². The van der Waals surface area contributed by atoms with Crippen LogP contribution in [-0.4, -0.2) is 23.4 Å². The van der Waals surface area contributed by atoms with Gasteiger partial charge in [0.15, 0.2) is 0 Å². The van der Waals surface area contributed by atoms with E-state index < -0.39 is 5.41 Å². The van der Waals surface area contributed by atoms with Crippen LogP contribution in [0.25, 0.3) is 0 Å². The summed E-state index contributed by atoms with van der Waals surface area (Å²) in [6.45, 7) is 4.37. The molecule has 0 aliphatic carbocycles. The van der Waals surface area contributed by atoms with Gasteiger partial charge in [-0.3, -0.25) is 0 Å². The fourth-order valence-corrected chi connectivity index (χ4v) is 3.19. The number of rotatable bonds is 9. The molecule has 3 heteroatoms. The minimum absolute atomic E-state index is 0.0113. The lowest BCUT2D eigenvalue weighted by atomic mass is 9.73. The van der Waals surface area contributed by atoms with Gasteiger partial charge >= 0.3 is 0 Å². The van der Waals surface area contributed by atoms with Crippen molar-refractivity contribution in [3.8, 4) is 0 Å². The maximum atomic E-state index is 9.92. The van der Waals surface area contributed by atoms with Crippen molar-refractivity contribution in [2.45, 2.75) is 51.4 Å². The van der Waals surface area contributed by atoms with E-state index in [-0.39, 0.29) is 13.2 Å². The van der Waals surface area contributed by atoms with Gasteiger partial charge in [-0.1, -0.05) is 67.6 Å². The van der Waals surface area contributed by atoms with Gasteiger partial charge in [-0.2, -0.15) is 0 Å². The van der Waals surface area contributed by atoms with Gasteiger partial charge < -0.3 is 10.2 Å². The van der Waals surface area contributed by atoms with Crippen molar-refractivity contribution in [1.29, 1.82) is 0 Å². The predicted octanol–water partition coefficient (Wildman–Crippen LogP) is 4.28. The molecule has 2 nitrogen and oxygen atoms in total. The lowest BCUT2D eigenvalue weighted by Crippen LogP contribution is -2.37. The maximum Gasteiger partial charge on any atom is 0.0550 e. The van der Waals surface area contributed by atoms with Gasteiger partial charge in [0, 0.05) is 9.89 Å². The first-order chi connectivity index (χ1) is 9.61. The van der Waals surface area contributed by atoms with Crippen LogP contribution in [0.5, 0.6) is 0 Å². The van der Waals surface area contributed by atoms with E-state index in [1.54, 1.807) is 0 Å². The molecule has 1 rings (SSSR count). The highest BCUT2D eigenvalue weighted by molar-refractivity contribution is 9.10. The van der Waals surface area contributed by atoms with E-state index in [4.69, 9.17) is 0 Å². The SMILES string of the molecule is CCCCC(CC)CC(CO)(CO)c1cccc(Br)c1. The summed E-state index contributed by atoms with van der Waals surface area (Å²) in [5, 5.41) is 19.8. The van der Waals surface area contributed by atoms with E-state index >= 15 is 0 Å². The number of benzene rings is 1. The Bertz CT molecular complexity index is 388. The number of aliphatic hydroxyl groups is 2. The first kappa shape index (κ1) is 17.7. The second-order valence-electron chi connectivity index (χ2n) is 5.73. The van der Waals surface area contributed by atoms with E-state index in [9.17, 15) is 10.2 Å². The van der Waals surface area contributed by atoms with Gasteiger partial charge in [0.2, 0.25) is 0 Å². The quantitative estimate of drug-likeness (QED) is 0.703. The van der Waals surface area contributed by atoms with E-state index in [2.05, 4.69) is 29.8 Å². The highest BCUT2D eigenvalue weighted by Crippen LogP contribution is 2.35. The molecule has 0 aliphatic heterocycles. The normalized spacial score (nSPS) is 13.4. The molecule has 0 amide bonds. The molecular formula is C17H27BrO2. The molecule has 114 valence electrons. The Morgan fingerprint density at radius 2 is 1.90 bits per heavy atom. The Morgan fingerprint density at radius 1 is 1.20 bits per heavy atom. The highest BCUT2D eigenvalue weighted by atomic mass is 79.9. The molecule has 1 atom stereocenters. The molecule has 0 aliphatic rings. The second-order valence-corrected chi connectivity index (χ2v) is 6.64. The molecule has 1 aromatic rings. The Balaban J connectivity index is 2.96. The molecule has 0 heterocycles. The fraction of sp³-hybridized carbons (Fsp3) is 0.647. The van der Waals surface area contributed by atoms with Gasteiger partial charge in [-0.25, -0.2) is 0 Å². The van der Waals surface area contributed by atoms with Crippen molar-refractivity contribution in [3.05, 3.63) is 34.3 Å². The molecule has 0 radical (unpaired) electrons. The Hall–Kier alpha value is -0.380. The predicted molar refractivity (Wildman–Crippen MR) is 87.9 cm³/mol. The molecule has 0 bridgehead atoms. The van der Waals surface area contributed by atoms with E-state index in [0.717, 1.165) is 22.9 Å². The van der Waals surface area contributed by atoms with Gasteiger partial charge in [0.1, 0.15) is 0 Å². The zero-order valence-electron chi connectivity index (χ0n) is 12.6. The molecule has 0 saturated carbocycles. The molecule has 0 aromatic heterocycles. The average molecular weight is 343 g/mol. The molecule has 2 N–H and O–H groups in total. The smallest absolute Gasteiger partial charge is 0.0550 e. The van der Waals surface area contributed by atoms with Gasteiger partial charge in [0.05, 0.1) is 13.2 Å². The summed E-state index contributed by atoms with van der Waals surface area (Å²) < 4.78 is 0.989. The Labute approximate surface area is 131 Å². The molecule has 20 heavy (non-hydrogen) atoms. The fourth-order valence-electron chi connectivity index (χ4n) is 2.79. The third-order valence-corrected chi connectivity index (χ3v) is 4.76. The Kier molecular flexibility index (Phi) is 7.78. The highest BCUT2D eigenvalue weighted by Gasteiger charge is 2.33. The van der Waals surface area contributed by atoms with Crippen LogP contribution in [0.1, 0.15) is 51.5 Å². The topological polar surface area (TPSA) is 40.5 Å². The zero-order valence-corrected chi connectivity index (χ0v) is 14.2. The molecule has 1 aromatic carbocycles. The monoisotopic (exact) mass is 342 g/mol. The number of hydrogen-bond acceptors (Lipinski definition) is 2. The lowest BCUT2D eigenvalue weighted by molar-refractivity contribution is 0.0922. The van der Waals surface area contributed by atoms with Gasteiger partial charge in [-0.05, 0) is 30.0 Å². The minimum atomic E-state index is -0.530. The standard InChI is InChI=1S/C17H27BrO2/c1-3-5-7-14(4-2)11-17(12-19,13-20)15-8-6-9-16(18)10-15/h6,8-10,14,19-20H,3-5,7,11-13H2,1-2H3. The summed E-state index contributed by atoms with van der Waals surface area (Å²) in [5.74, 6) is 0.549. The minimum Gasteiger partial charge on any atom is -0.395 e. The average Bonchev–Trinajstić information content (AvgIpc) is 2.48. The van der Waals surface area contributed by atoms with Crippen molar-refractivity contribution < 1.29 is 10.2 Å². The van der Waals surface area contributed by atoms with E-state index in [0.29, 0.717) is 5.92 Å². The summed E-state index contributed by atoms with van der Waals surface area (Å²) in [7, 11) is 0. The number of hydrogen-bond donors (Lipinski definition) is 2. The summed E-state index contributed by atoms with van der Waals surface area (Å²) in [6, 6.07) is 7.95. The van der Waals surface area contributed by atoms with Crippen LogP contribution < -0.4 is 0 Å². The van der Waals surface area contributed by atoms with Crippen molar-refractivity contribution >= 4 is 15.9 Å². The summed E-state index contributed by atoms with van der Waals surface area (Å²) >= 11 is 3.47. The first-order valence-corrected chi connectivity index (χ1v) is 8.39. The van der Waals surface area contributed by atoms with Gasteiger partial charge in [-0.15, -0.1) is 0 Å². The van der Waals surface area contributed by atoms with Crippen LogP contribution in [-0.2, 0) is 5.41 Å². The van der Waals surface area contributed by atoms with Crippen LogP contribution in [0.4, 0.5) is 0 Å². The van der Waals surface area contributed by atoms with Crippen LogP contribution in [0.15, 0.2) is 28.7 Å². The second kappa shape index (κ2) is 8.81. The maximum absolute atomic E-state index is 9.92. The third kappa shape index (κ3) is 4.57. The van der Waals surface area contributed by atoms with Crippen LogP contribution in [0.3, 0.4) is 0 Å². The molecule has 1 unspecified atom stereocenters. The Morgan fingerprint density at radius 3 is 2.40 bits per heavy atom. The first-order valence-electron chi connectivity index (χ1n) is 7.59. The van der Waals surface area contributed by atoms with Crippen molar-refractivity contribution in [2.24, 2.45) is 5.92 Å². The number of aliphatic hydroxyl groups excluding tert-OH is 2. The lowest BCUT2D eigenvalue weighted by Gasteiger charge is -2.34. The molecular weight excluding hydrogens is 316 g/mol. The molecule has 0 saturated heterocycles.